The summed E-state index contributed by atoms with van der Waals surface area (Å²) in [6.45, 7) is 0.324. The van der Waals surface area contributed by atoms with Gasteiger partial charge in [-0.1, -0.05) is 77.7 Å². The Hall–Kier alpha value is -3.68. The molecule has 5 aromatic rings. The van der Waals surface area contributed by atoms with E-state index in [4.69, 9.17) is 21.2 Å². The first-order valence-corrected chi connectivity index (χ1v) is 11.6. The van der Waals surface area contributed by atoms with Gasteiger partial charge in [0.25, 0.3) is 5.91 Å². The van der Waals surface area contributed by atoms with Gasteiger partial charge in [-0.25, -0.2) is 0 Å². The van der Waals surface area contributed by atoms with Crippen molar-refractivity contribution >= 4 is 62.0 Å². The van der Waals surface area contributed by atoms with Gasteiger partial charge in [0.2, 0.25) is 0 Å². The number of aromatic nitrogens is 1. The third-order valence-electron chi connectivity index (χ3n) is 5.60. The largest absolute Gasteiger partial charge is 0.467 e. The minimum Gasteiger partial charge on any atom is -0.467 e. The van der Waals surface area contributed by atoms with E-state index < -0.39 is 0 Å². The van der Waals surface area contributed by atoms with E-state index in [1.807, 2.05) is 54.6 Å². The van der Waals surface area contributed by atoms with E-state index >= 15 is 0 Å². The van der Waals surface area contributed by atoms with Crippen molar-refractivity contribution in [1.82, 2.24) is 10.1 Å². The van der Waals surface area contributed by atoms with Crippen molar-refractivity contribution in [1.29, 1.82) is 0 Å². The van der Waals surface area contributed by atoms with Crippen molar-refractivity contribution in [2.75, 3.05) is 0 Å². The van der Waals surface area contributed by atoms with Crippen LogP contribution in [-0.4, -0.2) is 20.3 Å². The molecule has 6 rings (SSSR count). The van der Waals surface area contributed by atoms with E-state index in [0.717, 1.165) is 32.8 Å². The normalized spacial score (nSPS) is 15.4. The number of furan rings is 1. The summed E-state index contributed by atoms with van der Waals surface area (Å²) in [5.41, 5.74) is 2.63. The van der Waals surface area contributed by atoms with Gasteiger partial charge in [-0.15, -0.1) is 0 Å². The number of amides is 1. The maximum absolute atomic E-state index is 13.0. The number of thioether (sulfide) groups is 1. The SMILES string of the molecule is O=C1/C(=C\c2ccc3noc(-c4cccc5ccccc45)c3c2)SC(=S)N1Cc1ccco1. The molecule has 3 aromatic carbocycles. The molecule has 0 unspecified atom stereocenters. The van der Waals surface area contributed by atoms with Crippen molar-refractivity contribution in [2.45, 2.75) is 6.54 Å². The molecule has 5 nitrogen and oxygen atoms in total. The fourth-order valence-corrected chi connectivity index (χ4v) is 5.27. The van der Waals surface area contributed by atoms with Crippen molar-refractivity contribution in [2.24, 2.45) is 0 Å². The molecule has 0 radical (unpaired) electrons. The number of thiocarbonyl (C=S) groups is 1. The predicted octanol–water partition coefficient (Wildman–Crippen LogP) is 6.64. The molecule has 0 N–H and O–H groups in total. The summed E-state index contributed by atoms with van der Waals surface area (Å²) in [6, 6.07) is 23.8. The zero-order valence-electron chi connectivity index (χ0n) is 17.2. The van der Waals surface area contributed by atoms with Gasteiger partial charge in [-0.05, 0) is 46.7 Å². The van der Waals surface area contributed by atoms with E-state index in [1.54, 1.807) is 17.2 Å². The molecule has 1 amide bonds. The Bertz CT molecular complexity index is 1560. The van der Waals surface area contributed by atoms with Crippen LogP contribution in [0.5, 0.6) is 0 Å². The lowest BCUT2D eigenvalue weighted by Gasteiger charge is -2.11. The number of fused-ring (bicyclic) bond motifs is 2. The molecular formula is C26H16N2O3S2. The second-order valence-electron chi connectivity index (χ2n) is 7.66. The molecule has 33 heavy (non-hydrogen) atoms. The van der Waals surface area contributed by atoms with Gasteiger partial charge in [0.05, 0.1) is 23.1 Å². The van der Waals surface area contributed by atoms with Gasteiger partial charge in [-0.2, -0.15) is 0 Å². The minimum absolute atomic E-state index is 0.124. The first kappa shape index (κ1) is 20.0. The van der Waals surface area contributed by atoms with Crippen LogP contribution in [-0.2, 0) is 11.3 Å². The molecule has 2 aromatic heterocycles. The molecule has 0 saturated carbocycles. The van der Waals surface area contributed by atoms with Crippen LogP contribution in [0.1, 0.15) is 11.3 Å². The molecule has 0 aliphatic carbocycles. The first-order chi connectivity index (χ1) is 16.2. The Morgan fingerprint density at radius 2 is 1.88 bits per heavy atom. The molecule has 0 bridgehead atoms. The lowest BCUT2D eigenvalue weighted by atomic mass is 10.00. The van der Waals surface area contributed by atoms with Crippen LogP contribution in [0.2, 0.25) is 0 Å². The average molecular weight is 469 g/mol. The van der Waals surface area contributed by atoms with E-state index in [2.05, 4.69) is 23.4 Å². The van der Waals surface area contributed by atoms with E-state index in [0.29, 0.717) is 27.3 Å². The van der Waals surface area contributed by atoms with Gasteiger partial charge < -0.3 is 8.94 Å². The molecule has 7 heteroatoms. The van der Waals surface area contributed by atoms with Crippen molar-refractivity contribution in [3.8, 4) is 11.3 Å². The highest BCUT2D eigenvalue weighted by atomic mass is 32.2. The molecule has 1 saturated heterocycles. The van der Waals surface area contributed by atoms with Crippen molar-refractivity contribution < 1.29 is 13.7 Å². The summed E-state index contributed by atoms with van der Waals surface area (Å²) < 4.78 is 11.7. The smallest absolute Gasteiger partial charge is 0.266 e. The number of hydrogen-bond donors (Lipinski definition) is 0. The van der Waals surface area contributed by atoms with Crippen LogP contribution in [0, 0.1) is 0 Å². The number of carbonyl (C=O) groups excluding carboxylic acids is 1. The lowest BCUT2D eigenvalue weighted by Crippen LogP contribution is -2.27. The number of carbonyl (C=O) groups is 1. The Labute approximate surface area is 198 Å². The highest BCUT2D eigenvalue weighted by Crippen LogP contribution is 2.37. The van der Waals surface area contributed by atoms with Crippen LogP contribution < -0.4 is 0 Å². The molecule has 0 atom stereocenters. The summed E-state index contributed by atoms with van der Waals surface area (Å²) in [5, 5.41) is 7.38. The standard InChI is InChI=1S/C26H16N2O3S2/c29-25-23(33-26(32)28(25)15-18-7-4-12-30-18)14-16-10-11-22-21(13-16)24(31-27-22)20-9-3-6-17-5-1-2-8-19(17)20/h1-14H,15H2/b23-14+. The molecule has 1 aliphatic heterocycles. The quantitative estimate of drug-likeness (QED) is 0.218. The Morgan fingerprint density at radius 3 is 2.76 bits per heavy atom. The summed E-state index contributed by atoms with van der Waals surface area (Å²) in [4.78, 5) is 15.1. The third-order valence-corrected chi connectivity index (χ3v) is 6.98. The fraction of sp³-hybridized carbons (Fsp3) is 0.0385. The summed E-state index contributed by atoms with van der Waals surface area (Å²) in [7, 11) is 0. The summed E-state index contributed by atoms with van der Waals surface area (Å²) in [5.74, 6) is 1.28. The van der Waals surface area contributed by atoms with E-state index in [-0.39, 0.29) is 5.91 Å². The Kier molecular flexibility index (Phi) is 4.86. The Balaban J connectivity index is 1.38. The number of nitrogens with zero attached hydrogens (tertiary/aromatic N) is 2. The van der Waals surface area contributed by atoms with Gasteiger partial charge >= 0.3 is 0 Å². The third kappa shape index (κ3) is 3.55. The van der Waals surface area contributed by atoms with Crippen molar-refractivity contribution in [3.63, 3.8) is 0 Å². The molecule has 1 fully saturated rings. The monoisotopic (exact) mass is 468 g/mol. The van der Waals surface area contributed by atoms with Gasteiger partial charge in [0, 0.05) is 5.56 Å². The zero-order valence-corrected chi connectivity index (χ0v) is 18.9. The summed E-state index contributed by atoms with van der Waals surface area (Å²) >= 11 is 6.73. The van der Waals surface area contributed by atoms with Crippen LogP contribution in [0.15, 0.2) is 92.9 Å². The van der Waals surface area contributed by atoms with Gasteiger partial charge in [-0.3, -0.25) is 9.69 Å². The molecular weight excluding hydrogens is 452 g/mol. The number of benzene rings is 3. The van der Waals surface area contributed by atoms with Crippen molar-refractivity contribution in [3.05, 3.63) is 95.3 Å². The topological polar surface area (TPSA) is 59.5 Å². The Morgan fingerprint density at radius 1 is 1.00 bits per heavy atom. The maximum Gasteiger partial charge on any atom is 0.266 e. The van der Waals surface area contributed by atoms with Crippen LogP contribution >= 0.6 is 24.0 Å². The van der Waals surface area contributed by atoms with E-state index in [9.17, 15) is 4.79 Å². The van der Waals surface area contributed by atoms with Crippen LogP contribution in [0.25, 0.3) is 39.1 Å². The number of rotatable bonds is 4. The fourth-order valence-electron chi connectivity index (χ4n) is 4.01. The first-order valence-electron chi connectivity index (χ1n) is 10.3. The van der Waals surface area contributed by atoms with Crippen LogP contribution in [0.4, 0.5) is 0 Å². The molecule has 1 aliphatic rings. The molecule has 3 heterocycles. The number of hydrogen-bond acceptors (Lipinski definition) is 6. The lowest BCUT2D eigenvalue weighted by molar-refractivity contribution is -0.122. The second kappa shape index (κ2) is 8.03. The second-order valence-corrected chi connectivity index (χ2v) is 9.34. The molecule has 160 valence electrons. The van der Waals surface area contributed by atoms with Gasteiger partial charge in [0.15, 0.2) is 5.76 Å². The van der Waals surface area contributed by atoms with Gasteiger partial charge in [0.1, 0.15) is 15.6 Å². The summed E-state index contributed by atoms with van der Waals surface area (Å²) in [6.07, 6.45) is 3.45. The molecule has 0 spiro atoms. The predicted molar refractivity (Wildman–Crippen MR) is 134 cm³/mol. The maximum atomic E-state index is 13.0. The highest BCUT2D eigenvalue weighted by molar-refractivity contribution is 8.26. The minimum atomic E-state index is -0.124. The van der Waals surface area contributed by atoms with E-state index in [1.165, 1.54) is 11.8 Å². The van der Waals surface area contributed by atoms with Crippen LogP contribution in [0.3, 0.4) is 0 Å². The average Bonchev–Trinajstić information content (AvgIpc) is 3.56. The highest BCUT2D eigenvalue weighted by Gasteiger charge is 2.32. The zero-order chi connectivity index (χ0) is 22.4.